The van der Waals surface area contributed by atoms with E-state index >= 15 is 0 Å². The highest BCUT2D eigenvalue weighted by Crippen LogP contribution is 2.62. The van der Waals surface area contributed by atoms with E-state index in [1.165, 1.54) is 25.7 Å². The maximum atomic E-state index is 2.56. The molecule has 0 heteroatoms. The van der Waals surface area contributed by atoms with E-state index in [9.17, 15) is 0 Å². The van der Waals surface area contributed by atoms with Gasteiger partial charge in [-0.3, -0.25) is 0 Å². The van der Waals surface area contributed by atoms with Crippen LogP contribution in [0.15, 0.2) is 11.6 Å². The molecule has 2 aliphatic carbocycles. The first kappa shape index (κ1) is 10.3. The van der Waals surface area contributed by atoms with Crippen molar-refractivity contribution in [3.05, 3.63) is 11.6 Å². The van der Waals surface area contributed by atoms with Gasteiger partial charge in [-0.15, -0.1) is 0 Å². The third-order valence-electron chi connectivity index (χ3n) is 4.41. The molecule has 0 aromatic carbocycles. The molecule has 0 aromatic heterocycles. The van der Waals surface area contributed by atoms with Crippen LogP contribution in [-0.4, -0.2) is 0 Å². The van der Waals surface area contributed by atoms with Crippen LogP contribution >= 0.6 is 0 Å². The van der Waals surface area contributed by atoms with Crippen LogP contribution in [0.25, 0.3) is 0 Å². The smallest absolute Gasteiger partial charge is 0.0164 e. The Bertz CT molecular complexity index is 249. The van der Waals surface area contributed by atoms with Crippen LogP contribution in [0, 0.1) is 23.2 Å². The average molecular weight is 192 g/mol. The minimum Gasteiger partial charge on any atom is -0.0842 e. The topological polar surface area (TPSA) is 0 Å². The normalized spacial score (nSPS) is 40.8. The highest BCUT2D eigenvalue weighted by molar-refractivity contribution is 5.25. The predicted octanol–water partition coefficient (Wildman–Crippen LogP) is 4.42. The monoisotopic (exact) mass is 192 g/mol. The zero-order valence-corrected chi connectivity index (χ0v) is 10.1. The van der Waals surface area contributed by atoms with Crippen molar-refractivity contribution in [1.29, 1.82) is 0 Å². The molecular formula is C14H24. The summed E-state index contributed by atoms with van der Waals surface area (Å²) in [6.07, 6.45) is 8.17. The van der Waals surface area contributed by atoms with Crippen molar-refractivity contribution < 1.29 is 0 Å². The fraction of sp³-hybridized carbons (Fsp3) is 0.857. The molecule has 0 amide bonds. The Kier molecular flexibility index (Phi) is 2.49. The van der Waals surface area contributed by atoms with Crippen LogP contribution in [0.1, 0.15) is 53.4 Å². The van der Waals surface area contributed by atoms with Gasteiger partial charge in [0.25, 0.3) is 0 Å². The van der Waals surface area contributed by atoms with Crippen molar-refractivity contribution in [1.82, 2.24) is 0 Å². The third kappa shape index (κ3) is 1.53. The second-order valence-corrected chi connectivity index (χ2v) is 5.92. The van der Waals surface area contributed by atoms with E-state index in [-0.39, 0.29) is 0 Å². The van der Waals surface area contributed by atoms with Crippen LogP contribution in [-0.2, 0) is 0 Å². The first-order valence-electron chi connectivity index (χ1n) is 6.28. The van der Waals surface area contributed by atoms with Crippen molar-refractivity contribution in [2.45, 2.75) is 53.4 Å². The molecular weight excluding hydrogens is 168 g/mol. The summed E-state index contributed by atoms with van der Waals surface area (Å²) in [5.41, 5.74) is 2.42. The summed E-state index contributed by atoms with van der Waals surface area (Å²) < 4.78 is 0. The number of hydrogen-bond donors (Lipinski definition) is 0. The number of hydrogen-bond acceptors (Lipinski definition) is 0. The Morgan fingerprint density at radius 3 is 2.79 bits per heavy atom. The fourth-order valence-corrected chi connectivity index (χ4v) is 3.51. The molecule has 1 saturated carbocycles. The third-order valence-corrected chi connectivity index (χ3v) is 4.41. The molecule has 0 bridgehead atoms. The molecule has 14 heavy (non-hydrogen) atoms. The summed E-state index contributed by atoms with van der Waals surface area (Å²) >= 11 is 0. The van der Waals surface area contributed by atoms with E-state index in [1.54, 1.807) is 5.57 Å². The summed E-state index contributed by atoms with van der Waals surface area (Å²) in [5.74, 6) is 2.79. The van der Waals surface area contributed by atoms with Crippen molar-refractivity contribution >= 4 is 0 Å². The van der Waals surface area contributed by atoms with Crippen LogP contribution in [0.2, 0.25) is 0 Å². The Balaban J connectivity index is 2.11. The lowest BCUT2D eigenvalue weighted by molar-refractivity contribution is 0.227. The number of rotatable bonds is 3. The molecule has 0 aromatic rings. The SMILES string of the molecule is CCCC1(C)CC=C(C(C)C)C2CC21. The highest BCUT2D eigenvalue weighted by Gasteiger charge is 2.52. The van der Waals surface area contributed by atoms with Gasteiger partial charge in [0.2, 0.25) is 0 Å². The molecule has 0 spiro atoms. The first-order valence-corrected chi connectivity index (χ1v) is 6.28. The van der Waals surface area contributed by atoms with Gasteiger partial charge in [-0.05, 0) is 42.4 Å². The Morgan fingerprint density at radius 2 is 2.21 bits per heavy atom. The minimum atomic E-state index is 0.651. The molecule has 2 rings (SSSR count). The van der Waals surface area contributed by atoms with Crippen LogP contribution in [0.3, 0.4) is 0 Å². The van der Waals surface area contributed by atoms with Crippen molar-refractivity contribution in [2.75, 3.05) is 0 Å². The van der Waals surface area contributed by atoms with E-state index in [4.69, 9.17) is 0 Å². The van der Waals surface area contributed by atoms with E-state index in [1.807, 2.05) is 0 Å². The summed E-state index contributed by atoms with van der Waals surface area (Å²) in [6.45, 7) is 9.53. The molecule has 3 unspecified atom stereocenters. The minimum absolute atomic E-state index is 0.651. The van der Waals surface area contributed by atoms with Gasteiger partial charge in [-0.2, -0.15) is 0 Å². The van der Waals surface area contributed by atoms with E-state index in [0.717, 1.165) is 17.8 Å². The van der Waals surface area contributed by atoms with E-state index < -0.39 is 0 Å². The molecule has 1 fully saturated rings. The predicted molar refractivity (Wildman–Crippen MR) is 62.2 cm³/mol. The zero-order chi connectivity index (χ0) is 10.3. The number of allylic oxidation sites excluding steroid dienone is 2. The average Bonchev–Trinajstić information content (AvgIpc) is 2.84. The lowest BCUT2D eigenvalue weighted by atomic mass is 9.72. The van der Waals surface area contributed by atoms with Gasteiger partial charge < -0.3 is 0 Å². The lowest BCUT2D eigenvalue weighted by Crippen LogP contribution is -2.23. The quantitative estimate of drug-likeness (QED) is 0.581. The largest absolute Gasteiger partial charge is 0.0842 e. The van der Waals surface area contributed by atoms with Gasteiger partial charge >= 0.3 is 0 Å². The summed E-state index contributed by atoms with van der Waals surface area (Å²) in [5, 5.41) is 0. The van der Waals surface area contributed by atoms with Crippen molar-refractivity contribution in [3.63, 3.8) is 0 Å². The lowest BCUT2D eigenvalue weighted by Gasteiger charge is -2.33. The molecule has 0 nitrogen and oxygen atoms in total. The molecule has 0 radical (unpaired) electrons. The Morgan fingerprint density at radius 1 is 1.50 bits per heavy atom. The standard InChI is InChI=1S/C14H24/c1-5-7-14(4)8-6-11(10(2)3)12-9-13(12)14/h6,10,12-13H,5,7-9H2,1-4H3. The second-order valence-electron chi connectivity index (χ2n) is 5.92. The highest BCUT2D eigenvalue weighted by atomic mass is 14.6. The summed E-state index contributed by atoms with van der Waals surface area (Å²) in [6, 6.07) is 0. The summed E-state index contributed by atoms with van der Waals surface area (Å²) in [4.78, 5) is 0. The van der Waals surface area contributed by atoms with Gasteiger partial charge in [0, 0.05) is 0 Å². The van der Waals surface area contributed by atoms with Crippen molar-refractivity contribution in [3.8, 4) is 0 Å². The fourth-order valence-electron chi connectivity index (χ4n) is 3.51. The zero-order valence-electron chi connectivity index (χ0n) is 10.1. The van der Waals surface area contributed by atoms with Crippen LogP contribution < -0.4 is 0 Å². The van der Waals surface area contributed by atoms with Gasteiger partial charge in [0.05, 0.1) is 0 Å². The van der Waals surface area contributed by atoms with Crippen LogP contribution in [0.4, 0.5) is 0 Å². The van der Waals surface area contributed by atoms with Gasteiger partial charge in [-0.25, -0.2) is 0 Å². The molecule has 80 valence electrons. The molecule has 0 saturated heterocycles. The number of fused-ring (bicyclic) bond motifs is 1. The maximum absolute atomic E-state index is 2.56. The van der Waals surface area contributed by atoms with Gasteiger partial charge in [0.15, 0.2) is 0 Å². The first-order chi connectivity index (χ1) is 6.58. The maximum Gasteiger partial charge on any atom is -0.0164 e. The van der Waals surface area contributed by atoms with Crippen LogP contribution in [0.5, 0.6) is 0 Å². The van der Waals surface area contributed by atoms with Gasteiger partial charge in [0.1, 0.15) is 0 Å². The molecule has 0 aliphatic heterocycles. The Labute approximate surface area is 88.8 Å². The molecule has 2 aliphatic rings. The Hall–Kier alpha value is -0.260. The van der Waals surface area contributed by atoms with Crippen molar-refractivity contribution in [2.24, 2.45) is 23.2 Å². The van der Waals surface area contributed by atoms with E-state index in [2.05, 4.69) is 33.8 Å². The second kappa shape index (κ2) is 3.40. The molecule has 3 atom stereocenters. The van der Waals surface area contributed by atoms with E-state index in [0.29, 0.717) is 5.41 Å². The summed E-state index contributed by atoms with van der Waals surface area (Å²) in [7, 11) is 0. The molecule has 0 N–H and O–H groups in total. The van der Waals surface area contributed by atoms with Gasteiger partial charge in [-0.1, -0.05) is 45.8 Å². The molecule has 0 heterocycles.